The van der Waals surface area contributed by atoms with Crippen LogP contribution in [0.5, 0.6) is 0 Å². The number of fused-ring (bicyclic) bond motifs is 12. The summed E-state index contributed by atoms with van der Waals surface area (Å²) in [4.78, 5) is 0. The molecule has 4 heterocycles. The second kappa shape index (κ2) is 24.2. The van der Waals surface area contributed by atoms with Gasteiger partial charge in [-0.3, -0.25) is 0 Å². The van der Waals surface area contributed by atoms with Gasteiger partial charge in [0, 0.05) is 70.2 Å². The van der Waals surface area contributed by atoms with Gasteiger partial charge >= 0.3 is 0 Å². The number of aromatic nitrogens is 4. The molecule has 0 N–H and O–H groups in total. The molecule has 4 aromatic heterocycles. The number of benzene rings is 8. The smallest absolute Gasteiger partial charge is 0.201 e. The first kappa shape index (κ1) is 65.0. The average molecular weight is 1260 g/mol. The third-order valence-electron chi connectivity index (χ3n) is 22.1. The molecule has 96 heavy (non-hydrogen) atoms. The van der Waals surface area contributed by atoms with E-state index in [1.165, 1.54) is 179 Å². The van der Waals surface area contributed by atoms with E-state index in [0.717, 1.165) is 0 Å². The minimum Gasteiger partial charge on any atom is -0.201 e. The zero-order chi connectivity index (χ0) is 68.2. The molecule has 0 spiro atoms. The van der Waals surface area contributed by atoms with E-state index in [9.17, 15) is 0 Å². The third-order valence-corrected chi connectivity index (χ3v) is 22.1. The van der Waals surface area contributed by atoms with E-state index in [1.807, 2.05) is 0 Å². The lowest BCUT2D eigenvalue weighted by Crippen LogP contribution is -2.31. The average Bonchev–Trinajstić information content (AvgIpc) is 1.59. The van der Waals surface area contributed by atoms with E-state index in [-0.39, 0.29) is 21.7 Å². The molecule has 0 aliphatic heterocycles. The lowest BCUT2D eigenvalue weighted by atomic mass is 9.77. The Balaban J connectivity index is 0.000000116. The van der Waals surface area contributed by atoms with Gasteiger partial charge in [-0.15, -0.1) is 0 Å². The molecule has 480 valence electrons. The fraction of sp³-hybridized carbons (Fsp3) is 0.261. The molecule has 0 saturated heterocycles. The highest BCUT2D eigenvalue weighted by atomic mass is 14.9. The molecular formula is C92H96N4+4. The highest BCUT2D eigenvalue weighted by molar-refractivity contribution is 5.93. The van der Waals surface area contributed by atoms with E-state index in [0.29, 0.717) is 0 Å². The fourth-order valence-electron chi connectivity index (χ4n) is 17.4. The quantitative estimate of drug-likeness (QED) is 0.156. The van der Waals surface area contributed by atoms with Crippen LogP contribution in [-0.2, 0) is 49.9 Å². The first-order valence-corrected chi connectivity index (χ1v) is 34.5. The minimum absolute atomic E-state index is 0.0141. The van der Waals surface area contributed by atoms with Crippen LogP contribution in [0, 0.1) is 55.4 Å². The van der Waals surface area contributed by atoms with Gasteiger partial charge in [0.2, 0.25) is 22.8 Å². The first-order valence-electron chi connectivity index (χ1n) is 34.5. The zero-order valence-corrected chi connectivity index (χ0v) is 60.6. The maximum atomic E-state index is 2.37. The van der Waals surface area contributed by atoms with Gasteiger partial charge in [-0.05, 0) is 202 Å². The largest absolute Gasteiger partial charge is 0.212 e. The van der Waals surface area contributed by atoms with Crippen LogP contribution in [0.3, 0.4) is 0 Å². The Morgan fingerprint density at radius 1 is 0.219 bits per heavy atom. The maximum Gasteiger partial charge on any atom is 0.212 e. The van der Waals surface area contributed by atoms with E-state index in [4.69, 9.17) is 0 Å². The number of hydrogen-bond acceptors (Lipinski definition) is 0. The summed E-state index contributed by atoms with van der Waals surface area (Å²) in [5, 5.41) is 0. The van der Waals surface area contributed by atoms with Gasteiger partial charge < -0.3 is 0 Å². The molecule has 4 aliphatic carbocycles. The van der Waals surface area contributed by atoms with Crippen molar-refractivity contribution in [3.8, 4) is 89.5 Å². The third kappa shape index (κ3) is 10.5. The molecule has 0 saturated carbocycles. The van der Waals surface area contributed by atoms with Gasteiger partial charge in [0.05, 0.1) is 22.3 Å². The van der Waals surface area contributed by atoms with Crippen molar-refractivity contribution in [2.45, 2.75) is 132 Å². The van der Waals surface area contributed by atoms with Crippen LogP contribution in [0.25, 0.3) is 89.5 Å². The normalized spacial score (nSPS) is 14.4. The van der Waals surface area contributed by atoms with Crippen LogP contribution >= 0.6 is 0 Å². The van der Waals surface area contributed by atoms with E-state index < -0.39 is 0 Å². The van der Waals surface area contributed by atoms with Crippen molar-refractivity contribution >= 4 is 0 Å². The number of rotatable bonds is 4. The second-order valence-corrected chi connectivity index (χ2v) is 30.1. The Hall–Kier alpha value is -9.64. The van der Waals surface area contributed by atoms with Crippen molar-refractivity contribution in [2.75, 3.05) is 0 Å². The van der Waals surface area contributed by atoms with Crippen molar-refractivity contribution in [3.05, 3.63) is 308 Å². The van der Waals surface area contributed by atoms with Crippen molar-refractivity contribution in [2.24, 2.45) is 28.2 Å². The molecule has 0 amide bonds. The summed E-state index contributed by atoms with van der Waals surface area (Å²) in [7, 11) is 8.53. The molecule has 4 heteroatoms. The van der Waals surface area contributed by atoms with Crippen LogP contribution in [0.15, 0.2) is 219 Å². The van der Waals surface area contributed by atoms with Crippen LogP contribution in [-0.4, -0.2) is 0 Å². The highest BCUT2D eigenvalue weighted by Crippen LogP contribution is 2.57. The van der Waals surface area contributed by atoms with Crippen molar-refractivity contribution in [1.29, 1.82) is 0 Å². The number of hydrogen-bond donors (Lipinski definition) is 0. The summed E-state index contributed by atoms with van der Waals surface area (Å²) < 4.78 is 8.92. The van der Waals surface area contributed by atoms with Crippen molar-refractivity contribution < 1.29 is 18.3 Å². The minimum atomic E-state index is 0.0141. The van der Waals surface area contributed by atoms with Gasteiger partial charge in [0.1, 0.15) is 28.2 Å². The Kier molecular flexibility index (Phi) is 16.4. The Labute approximate surface area is 573 Å². The predicted octanol–water partition coefficient (Wildman–Crippen LogP) is 20.4. The van der Waals surface area contributed by atoms with Gasteiger partial charge in [-0.25, -0.2) is 18.3 Å². The van der Waals surface area contributed by atoms with Crippen molar-refractivity contribution in [1.82, 2.24) is 0 Å². The van der Waals surface area contributed by atoms with Crippen LogP contribution < -0.4 is 18.3 Å². The van der Waals surface area contributed by atoms with E-state index >= 15 is 0 Å². The second-order valence-electron chi connectivity index (χ2n) is 30.1. The highest BCUT2D eigenvalue weighted by Gasteiger charge is 2.44. The maximum absolute atomic E-state index is 2.37. The number of pyridine rings is 4. The molecular weight excluding hydrogens is 1160 g/mol. The summed E-state index contributed by atoms with van der Waals surface area (Å²) in [5.74, 6) is 0. The SMILES string of the molecule is Cc1ccc2c(c1)-c1ccc(C)c(-c3cccc[n+]3C)c1C2(C)C.Cc1ccc2c(c1)C(C)(C)c1c-2ccc(C)c1-c1cccc[n+]1C.Cc1ccc2c(c1-c1cccc[n+]1C)C(C)(C)c1c(C)cccc1-2.Cc1cccc2c1-c1ccc(C)c(-c3cccc[n+]3C)c1C2(C)C. The molecule has 0 fully saturated rings. The molecule has 4 nitrogen and oxygen atoms in total. The van der Waals surface area contributed by atoms with E-state index in [2.05, 4.69) is 376 Å². The molecule has 0 bridgehead atoms. The molecule has 16 rings (SSSR count). The molecule has 0 unspecified atom stereocenters. The van der Waals surface area contributed by atoms with Gasteiger partial charge in [0.25, 0.3) is 0 Å². The van der Waals surface area contributed by atoms with Crippen LogP contribution in [0.4, 0.5) is 0 Å². The van der Waals surface area contributed by atoms with E-state index in [1.54, 1.807) is 0 Å². The molecule has 0 radical (unpaired) electrons. The monoisotopic (exact) mass is 1260 g/mol. The fourth-order valence-corrected chi connectivity index (χ4v) is 17.4. The number of aryl methyl sites for hydroxylation is 12. The summed E-state index contributed by atoms with van der Waals surface area (Å²) >= 11 is 0. The summed E-state index contributed by atoms with van der Waals surface area (Å²) in [5.41, 5.74) is 44.4. The van der Waals surface area contributed by atoms with Crippen molar-refractivity contribution in [3.63, 3.8) is 0 Å². The lowest BCUT2D eigenvalue weighted by Gasteiger charge is -2.26. The van der Waals surface area contributed by atoms with Crippen LogP contribution in [0.1, 0.15) is 144 Å². The van der Waals surface area contributed by atoms with Crippen LogP contribution in [0.2, 0.25) is 0 Å². The zero-order valence-electron chi connectivity index (χ0n) is 60.6. The number of nitrogens with zero attached hydrogens (tertiary/aromatic N) is 4. The predicted molar refractivity (Wildman–Crippen MR) is 400 cm³/mol. The van der Waals surface area contributed by atoms with Gasteiger partial charge in [-0.2, -0.15) is 0 Å². The standard InChI is InChI=1S/4C23H24N/c1-15-12-13-18-17-10-8-9-16(2)21(17)23(3,4)22(18)20(15)19-11-6-7-14-24(19)5;1-15-9-8-10-18-20(15)17-13-12-16(2)21(22(17)23(18,3)4)19-11-6-7-14-24(19)5;1-15-9-12-19-18(14-15)17-11-10-16(2)21(22(17)23(19,3)4)20-8-6-7-13-24(20)5;1-15-9-11-17-18-12-10-16(2)21(20-8-6-7-13-24(20)5)22(18)23(3,4)19(17)14-15/h4*6-14H,1-5H3/q4*+1. The topological polar surface area (TPSA) is 15.5 Å². The molecule has 8 aromatic carbocycles. The summed E-state index contributed by atoms with van der Waals surface area (Å²) in [6.45, 7) is 36.7. The molecule has 12 aromatic rings. The van der Waals surface area contributed by atoms with Gasteiger partial charge in [-0.1, -0.05) is 188 Å². The lowest BCUT2D eigenvalue weighted by molar-refractivity contribution is -0.660. The summed E-state index contributed by atoms with van der Waals surface area (Å²) in [6.07, 6.45) is 8.53. The summed E-state index contributed by atoms with van der Waals surface area (Å²) in [6, 6.07) is 71.3. The molecule has 4 aliphatic rings. The Morgan fingerprint density at radius 2 is 0.552 bits per heavy atom. The Bertz CT molecular complexity index is 5120. The molecule has 0 atom stereocenters. The Morgan fingerprint density at radius 3 is 1.02 bits per heavy atom. The van der Waals surface area contributed by atoms with Gasteiger partial charge in [0.15, 0.2) is 24.8 Å². The first-order chi connectivity index (χ1) is 45.7.